The Hall–Kier alpha value is -0.820. The van der Waals surface area contributed by atoms with Crippen LogP contribution in [-0.4, -0.2) is 6.04 Å². The molecule has 2 rings (SSSR count). The number of unbranched alkanes of at least 4 members (excludes halogenated alkanes) is 1. The average Bonchev–Trinajstić information content (AvgIpc) is 2.88. The van der Waals surface area contributed by atoms with Crippen molar-refractivity contribution < 1.29 is 0 Å². The number of hydrogen-bond acceptors (Lipinski definition) is 1. The predicted molar refractivity (Wildman–Crippen MR) is 55.1 cm³/mol. The number of nitrogens with two attached hydrogens (primary N) is 1. The fraction of sp³-hybridized carbons (Fsp3) is 0.333. The zero-order valence-electron chi connectivity index (χ0n) is 7.79. The van der Waals surface area contributed by atoms with Crippen LogP contribution in [-0.2, 0) is 0 Å². The van der Waals surface area contributed by atoms with Crippen molar-refractivity contribution in [3.05, 3.63) is 48.2 Å². The van der Waals surface area contributed by atoms with Gasteiger partial charge in [-0.05, 0) is 17.5 Å². The third-order valence-corrected chi connectivity index (χ3v) is 2.58. The molecule has 0 saturated heterocycles. The predicted octanol–water partition coefficient (Wildman–Crippen LogP) is 2.30. The van der Waals surface area contributed by atoms with Crippen molar-refractivity contribution in [1.29, 1.82) is 0 Å². The Bertz CT molecular complexity index is 270. The molecule has 0 aromatic heterocycles. The molecule has 0 amide bonds. The van der Waals surface area contributed by atoms with Crippen LogP contribution >= 0.6 is 0 Å². The van der Waals surface area contributed by atoms with Crippen molar-refractivity contribution in [2.24, 2.45) is 5.73 Å². The van der Waals surface area contributed by atoms with E-state index in [0.29, 0.717) is 0 Å². The van der Waals surface area contributed by atoms with E-state index in [1.807, 2.05) is 0 Å². The van der Waals surface area contributed by atoms with Crippen LogP contribution in [0.15, 0.2) is 24.3 Å². The van der Waals surface area contributed by atoms with E-state index in [-0.39, 0.29) is 6.04 Å². The van der Waals surface area contributed by atoms with E-state index in [1.54, 1.807) is 0 Å². The Balaban J connectivity index is 1.93. The number of benzene rings is 1. The fourth-order valence-electron chi connectivity index (χ4n) is 1.80. The maximum atomic E-state index is 6.05. The maximum absolute atomic E-state index is 6.05. The third-order valence-electron chi connectivity index (χ3n) is 2.58. The van der Waals surface area contributed by atoms with Crippen LogP contribution in [0.25, 0.3) is 0 Å². The summed E-state index contributed by atoms with van der Waals surface area (Å²) in [5.41, 5.74) is 8.80. The monoisotopic (exact) mass is 173 g/mol. The molecule has 0 bridgehead atoms. The second-order valence-corrected chi connectivity index (χ2v) is 3.56. The molecule has 68 valence electrons. The van der Waals surface area contributed by atoms with Gasteiger partial charge in [-0.1, -0.05) is 44.0 Å². The molecule has 1 aliphatic carbocycles. The first-order chi connectivity index (χ1) is 6.34. The lowest BCUT2D eigenvalue weighted by Crippen LogP contribution is -2.22. The standard InChI is InChI=1S/C12H15N/c1-2-3-8-11(13)12-9-6-4-5-7-10(9)12/h4-7,11H,1-3,8,13H2. The van der Waals surface area contributed by atoms with Gasteiger partial charge in [0.25, 0.3) is 0 Å². The van der Waals surface area contributed by atoms with E-state index in [0.717, 1.165) is 19.3 Å². The summed E-state index contributed by atoms with van der Waals surface area (Å²) in [6.45, 7) is 3.82. The molecule has 13 heavy (non-hydrogen) atoms. The third kappa shape index (κ3) is 1.61. The van der Waals surface area contributed by atoms with Gasteiger partial charge in [0.15, 0.2) is 0 Å². The molecule has 1 atom stereocenters. The molecule has 0 spiro atoms. The molecule has 1 nitrogen and oxygen atoms in total. The molecule has 0 heterocycles. The van der Waals surface area contributed by atoms with Crippen LogP contribution in [0.1, 0.15) is 30.4 Å². The van der Waals surface area contributed by atoms with Gasteiger partial charge >= 0.3 is 0 Å². The van der Waals surface area contributed by atoms with Crippen LogP contribution in [0.2, 0.25) is 0 Å². The summed E-state index contributed by atoms with van der Waals surface area (Å²) < 4.78 is 0. The molecular formula is C12H15N. The van der Waals surface area contributed by atoms with Crippen molar-refractivity contribution >= 4 is 0 Å². The first-order valence-electron chi connectivity index (χ1n) is 4.86. The Morgan fingerprint density at radius 3 is 2.38 bits per heavy atom. The molecule has 1 aromatic rings. The van der Waals surface area contributed by atoms with Crippen LogP contribution < -0.4 is 5.73 Å². The first-order valence-corrected chi connectivity index (χ1v) is 4.86. The summed E-state index contributed by atoms with van der Waals surface area (Å²) in [6, 6.07) is 8.67. The molecular weight excluding hydrogens is 158 g/mol. The summed E-state index contributed by atoms with van der Waals surface area (Å²) in [7, 11) is 0. The van der Waals surface area contributed by atoms with Crippen LogP contribution in [0.4, 0.5) is 0 Å². The van der Waals surface area contributed by atoms with E-state index in [4.69, 9.17) is 5.73 Å². The summed E-state index contributed by atoms with van der Waals surface area (Å²) >= 11 is 0. The minimum atomic E-state index is 0.235. The maximum Gasteiger partial charge on any atom is 0.0511 e. The van der Waals surface area contributed by atoms with Crippen molar-refractivity contribution in [2.75, 3.05) is 0 Å². The highest BCUT2D eigenvalue weighted by Gasteiger charge is 2.36. The lowest BCUT2D eigenvalue weighted by atomic mass is 10.0. The van der Waals surface area contributed by atoms with Gasteiger partial charge in [-0.2, -0.15) is 0 Å². The highest BCUT2D eigenvalue weighted by Crippen LogP contribution is 2.44. The topological polar surface area (TPSA) is 26.0 Å². The Morgan fingerprint density at radius 2 is 1.85 bits per heavy atom. The van der Waals surface area contributed by atoms with Gasteiger partial charge in [0, 0.05) is 6.04 Å². The number of rotatable bonds is 4. The van der Waals surface area contributed by atoms with Crippen molar-refractivity contribution in [2.45, 2.75) is 25.3 Å². The summed E-state index contributed by atoms with van der Waals surface area (Å²) in [5.74, 6) is 1.37. The lowest BCUT2D eigenvalue weighted by Gasteiger charge is -2.07. The van der Waals surface area contributed by atoms with Gasteiger partial charge in [0.2, 0.25) is 0 Å². The molecule has 0 saturated carbocycles. The normalized spacial score (nSPS) is 16.8. The van der Waals surface area contributed by atoms with Gasteiger partial charge in [0.1, 0.15) is 0 Å². The molecule has 2 N–H and O–H groups in total. The SMILES string of the molecule is [CH2]CCCC(N)[C]1c2ccccc21. The van der Waals surface area contributed by atoms with Gasteiger partial charge < -0.3 is 5.73 Å². The smallest absolute Gasteiger partial charge is 0.0511 e. The van der Waals surface area contributed by atoms with Crippen molar-refractivity contribution in [1.82, 2.24) is 0 Å². The largest absolute Gasteiger partial charge is 0.327 e. The van der Waals surface area contributed by atoms with E-state index >= 15 is 0 Å². The second kappa shape index (κ2) is 3.51. The van der Waals surface area contributed by atoms with E-state index in [1.165, 1.54) is 17.0 Å². The molecule has 0 fully saturated rings. The highest BCUT2D eigenvalue weighted by atomic mass is 14.7. The molecule has 1 unspecified atom stereocenters. The first kappa shape index (κ1) is 8.76. The Morgan fingerprint density at radius 1 is 1.23 bits per heavy atom. The van der Waals surface area contributed by atoms with E-state index in [2.05, 4.69) is 31.2 Å². The summed E-state index contributed by atoms with van der Waals surface area (Å²) in [6.07, 6.45) is 3.17. The molecule has 1 aliphatic rings. The van der Waals surface area contributed by atoms with E-state index < -0.39 is 0 Å². The second-order valence-electron chi connectivity index (χ2n) is 3.56. The minimum Gasteiger partial charge on any atom is -0.327 e. The molecule has 2 radical (unpaired) electrons. The van der Waals surface area contributed by atoms with Gasteiger partial charge in [-0.3, -0.25) is 0 Å². The zero-order chi connectivity index (χ0) is 9.26. The lowest BCUT2D eigenvalue weighted by molar-refractivity contribution is 0.641. The van der Waals surface area contributed by atoms with Crippen LogP contribution in [0.3, 0.4) is 0 Å². The van der Waals surface area contributed by atoms with E-state index in [9.17, 15) is 0 Å². The Labute approximate surface area is 80.0 Å². The Kier molecular flexibility index (Phi) is 2.36. The zero-order valence-corrected chi connectivity index (χ0v) is 7.79. The molecule has 0 aliphatic heterocycles. The molecule has 1 aromatic carbocycles. The average molecular weight is 173 g/mol. The number of hydrogen-bond donors (Lipinski definition) is 1. The van der Waals surface area contributed by atoms with Crippen LogP contribution in [0, 0.1) is 12.8 Å². The minimum absolute atomic E-state index is 0.235. The summed E-state index contributed by atoms with van der Waals surface area (Å²) in [4.78, 5) is 0. The van der Waals surface area contributed by atoms with Gasteiger partial charge in [-0.25, -0.2) is 0 Å². The van der Waals surface area contributed by atoms with Crippen molar-refractivity contribution in [3.8, 4) is 0 Å². The summed E-state index contributed by atoms with van der Waals surface area (Å²) in [5, 5.41) is 0. The number of fused-ring (bicyclic) bond motifs is 1. The van der Waals surface area contributed by atoms with Gasteiger partial charge in [-0.15, -0.1) is 0 Å². The quantitative estimate of drug-likeness (QED) is 0.742. The fourth-order valence-corrected chi connectivity index (χ4v) is 1.80. The van der Waals surface area contributed by atoms with Gasteiger partial charge in [0.05, 0.1) is 5.92 Å². The van der Waals surface area contributed by atoms with Crippen molar-refractivity contribution in [3.63, 3.8) is 0 Å². The molecule has 1 heteroatoms. The van der Waals surface area contributed by atoms with Crippen LogP contribution in [0.5, 0.6) is 0 Å². The highest BCUT2D eigenvalue weighted by molar-refractivity contribution is 5.68.